The highest BCUT2D eigenvalue weighted by atomic mass is 79.9. The molecule has 0 unspecified atom stereocenters. The normalized spacial score (nSPS) is 9.50. The molecule has 1 N–H and O–H groups in total. The lowest BCUT2D eigenvalue weighted by atomic mass is 10.2. The van der Waals surface area contributed by atoms with Crippen molar-refractivity contribution in [1.82, 2.24) is 5.32 Å². The number of carbonyl (C=O) groups is 2. The van der Waals surface area contributed by atoms with Gasteiger partial charge < -0.3 is 5.32 Å². The van der Waals surface area contributed by atoms with E-state index in [1.165, 1.54) is 0 Å². The van der Waals surface area contributed by atoms with Crippen LogP contribution in [0.25, 0.3) is 0 Å². The number of ketones is 1. The maximum absolute atomic E-state index is 11.1. The van der Waals surface area contributed by atoms with Gasteiger partial charge in [0.05, 0.1) is 5.33 Å². The van der Waals surface area contributed by atoms with Gasteiger partial charge in [-0.15, -0.1) is 0 Å². The van der Waals surface area contributed by atoms with Crippen molar-refractivity contribution in [3.05, 3.63) is 35.9 Å². The fourth-order valence-corrected chi connectivity index (χ4v) is 1.19. The van der Waals surface area contributed by atoms with E-state index in [4.69, 9.17) is 0 Å². The zero-order valence-electron chi connectivity index (χ0n) is 7.50. The van der Waals surface area contributed by atoms with Gasteiger partial charge in [-0.2, -0.15) is 0 Å². The van der Waals surface area contributed by atoms with Gasteiger partial charge >= 0.3 is 0 Å². The van der Waals surface area contributed by atoms with Crippen LogP contribution in [0, 0.1) is 0 Å². The standard InChI is InChI=1S/C10H10BrNO2/c11-6-9(13)10(14)12-7-8-4-2-1-3-5-8/h1-5H,6-7H2,(H,12,14). The van der Waals surface area contributed by atoms with Gasteiger partial charge in [0.25, 0.3) is 5.91 Å². The van der Waals surface area contributed by atoms with Crippen molar-refractivity contribution in [2.75, 3.05) is 5.33 Å². The summed E-state index contributed by atoms with van der Waals surface area (Å²) >= 11 is 2.93. The molecule has 0 spiro atoms. The average molecular weight is 256 g/mol. The molecule has 0 saturated carbocycles. The zero-order chi connectivity index (χ0) is 10.4. The number of benzene rings is 1. The van der Waals surface area contributed by atoms with Gasteiger partial charge in [-0.1, -0.05) is 46.3 Å². The predicted molar refractivity (Wildman–Crippen MR) is 57.1 cm³/mol. The van der Waals surface area contributed by atoms with Gasteiger partial charge in [0.2, 0.25) is 5.78 Å². The second-order valence-electron chi connectivity index (χ2n) is 2.73. The van der Waals surface area contributed by atoms with Gasteiger partial charge in [0.1, 0.15) is 0 Å². The highest BCUT2D eigenvalue weighted by Crippen LogP contribution is 1.97. The Kier molecular flexibility index (Phi) is 4.32. The number of Topliss-reactive ketones (excluding diaryl/α,β-unsaturated/α-hetero) is 1. The van der Waals surface area contributed by atoms with E-state index in [1.807, 2.05) is 30.3 Å². The first kappa shape index (κ1) is 10.9. The van der Waals surface area contributed by atoms with Crippen LogP contribution in [0.15, 0.2) is 30.3 Å². The minimum atomic E-state index is -0.550. The Morgan fingerprint density at radius 2 is 1.86 bits per heavy atom. The molecule has 1 rings (SSSR count). The Labute approximate surface area is 90.6 Å². The number of hydrogen-bond acceptors (Lipinski definition) is 2. The highest BCUT2D eigenvalue weighted by molar-refractivity contribution is 9.09. The summed E-state index contributed by atoms with van der Waals surface area (Å²) in [5.74, 6) is -1.01. The smallest absolute Gasteiger partial charge is 0.288 e. The van der Waals surface area contributed by atoms with E-state index < -0.39 is 11.7 Å². The molecule has 0 aliphatic carbocycles. The van der Waals surface area contributed by atoms with Crippen molar-refractivity contribution in [2.45, 2.75) is 6.54 Å². The number of halogens is 1. The monoisotopic (exact) mass is 255 g/mol. The molecule has 4 heteroatoms. The topological polar surface area (TPSA) is 46.2 Å². The molecule has 0 heterocycles. The fourth-order valence-electron chi connectivity index (χ4n) is 0.937. The predicted octanol–water partition coefficient (Wildman–Crippen LogP) is 1.27. The Morgan fingerprint density at radius 1 is 1.21 bits per heavy atom. The number of alkyl halides is 1. The summed E-state index contributed by atoms with van der Waals surface area (Å²) in [6.45, 7) is 0.387. The second kappa shape index (κ2) is 5.54. The third kappa shape index (κ3) is 3.30. The molecule has 14 heavy (non-hydrogen) atoms. The molecule has 3 nitrogen and oxygen atoms in total. The molecule has 74 valence electrons. The quantitative estimate of drug-likeness (QED) is 0.651. The largest absolute Gasteiger partial charge is 0.345 e. The molecule has 0 aromatic heterocycles. The maximum atomic E-state index is 11.1. The van der Waals surface area contributed by atoms with Crippen molar-refractivity contribution < 1.29 is 9.59 Å². The van der Waals surface area contributed by atoms with Crippen LogP contribution in [-0.4, -0.2) is 17.0 Å². The number of carbonyl (C=O) groups excluding carboxylic acids is 2. The SMILES string of the molecule is O=C(CBr)C(=O)NCc1ccccc1. The van der Waals surface area contributed by atoms with Crippen LogP contribution in [0.5, 0.6) is 0 Å². The van der Waals surface area contributed by atoms with E-state index in [0.29, 0.717) is 6.54 Å². The molecule has 0 fully saturated rings. The third-order valence-electron chi connectivity index (χ3n) is 1.67. The van der Waals surface area contributed by atoms with Crippen LogP contribution in [0.4, 0.5) is 0 Å². The Balaban J connectivity index is 2.42. The van der Waals surface area contributed by atoms with Gasteiger partial charge in [-0.3, -0.25) is 9.59 Å². The molecule has 1 aromatic carbocycles. The molecule has 0 aliphatic heterocycles. The van der Waals surface area contributed by atoms with E-state index in [-0.39, 0.29) is 5.33 Å². The Morgan fingerprint density at radius 3 is 2.43 bits per heavy atom. The lowest BCUT2D eigenvalue weighted by Crippen LogP contribution is -2.31. The lowest BCUT2D eigenvalue weighted by Gasteiger charge is -2.02. The maximum Gasteiger partial charge on any atom is 0.288 e. The van der Waals surface area contributed by atoms with Gasteiger partial charge in [0.15, 0.2) is 0 Å². The average Bonchev–Trinajstić information content (AvgIpc) is 2.26. The molecule has 0 radical (unpaired) electrons. The van der Waals surface area contributed by atoms with Crippen LogP contribution in [0.2, 0.25) is 0 Å². The van der Waals surface area contributed by atoms with Gasteiger partial charge in [-0.25, -0.2) is 0 Å². The van der Waals surface area contributed by atoms with Crippen molar-refractivity contribution in [2.24, 2.45) is 0 Å². The number of hydrogen-bond donors (Lipinski definition) is 1. The van der Waals surface area contributed by atoms with Crippen LogP contribution >= 0.6 is 15.9 Å². The minimum Gasteiger partial charge on any atom is -0.345 e. The van der Waals surface area contributed by atoms with E-state index in [1.54, 1.807) is 0 Å². The summed E-state index contributed by atoms with van der Waals surface area (Å²) in [6, 6.07) is 9.44. The van der Waals surface area contributed by atoms with Crippen LogP contribution < -0.4 is 5.32 Å². The van der Waals surface area contributed by atoms with Crippen molar-refractivity contribution in [3.8, 4) is 0 Å². The van der Waals surface area contributed by atoms with Crippen LogP contribution in [0.3, 0.4) is 0 Å². The molecule has 0 aliphatic rings. The number of amides is 1. The summed E-state index contributed by atoms with van der Waals surface area (Å²) < 4.78 is 0. The molecule has 1 aromatic rings. The zero-order valence-corrected chi connectivity index (χ0v) is 9.08. The lowest BCUT2D eigenvalue weighted by molar-refractivity contribution is -0.136. The number of rotatable bonds is 4. The van der Waals surface area contributed by atoms with Gasteiger partial charge in [0, 0.05) is 6.54 Å². The number of nitrogens with one attached hydrogen (secondary N) is 1. The van der Waals surface area contributed by atoms with E-state index in [2.05, 4.69) is 21.2 Å². The minimum absolute atomic E-state index is 0.0631. The van der Waals surface area contributed by atoms with E-state index >= 15 is 0 Å². The fraction of sp³-hybridized carbons (Fsp3) is 0.200. The van der Waals surface area contributed by atoms with E-state index in [0.717, 1.165) is 5.56 Å². The highest BCUT2D eigenvalue weighted by Gasteiger charge is 2.10. The van der Waals surface area contributed by atoms with Crippen molar-refractivity contribution in [3.63, 3.8) is 0 Å². The summed E-state index contributed by atoms with van der Waals surface area (Å²) in [5.41, 5.74) is 0.975. The summed E-state index contributed by atoms with van der Waals surface area (Å²) in [6.07, 6.45) is 0. The summed E-state index contributed by atoms with van der Waals surface area (Å²) in [5, 5.41) is 2.59. The summed E-state index contributed by atoms with van der Waals surface area (Å²) in [4.78, 5) is 21.9. The molecular formula is C10H10BrNO2. The molecule has 0 saturated heterocycles. The van der Waals surface area contributed by atoms with Crippen LogP contribution in [-0.2, 0) is 16.1 Å². The second-order valence-corrected chi connectivity index (χ2v) is 3.29. The van der Waals surface area contributed by atoms with Crippen molar-refractivity contribution in [1.29, 1.82) is 0 Å². The first-order valence-electron chi connectivity index (χ1n) is 4.15. The summed E-state index contributed by atoms with van der Waals surface area (Å²) in [7, 11) is 0. The first-order valence-corrected chi connectivity index (χ1v) is 5.27. The third-order valence-corrected chi connectivity index (χ3v) is 2.18. The molecule has 0 bridgehead atoms. The van der Waals surface area contributed by atoms with E-state index in [9.17, 15) is 9.59 Å². The van der Waals surface area contributed by atoms with Gasteiger partial charge in [-0.05, 0) is 5.56 Å². The first-order chi connectivity index (χ1) is 6.74. The Bertz CT molecular complexity index is 324. The molecule has 1 amide bonds. The molecular weight excluding hydrogens is 246 g/mol. The molecule has 0 atom stereocenters. The van der Waals surface area contributed by atoms with Crippen molar-refractivity contribution >= 4 is 27.6 Å². The van der Waals surface area contributed by atoms with Crippen LogP contribution in [0.1, 0.15) is 5.56 Å². The Hall–Kier alpha value is -1.16.